The van der Waals surface area contributed by atoms with Crippen molar-refractivity contribution in [2.24, 2.45) is 0 Å². The molecule has 118 valence electrons. The summed E-state index contributed by atoms with van der Waals surface area (Å²) in [6, 6.07) is 7.63. The number of aromatic amines is 1. The highest BCUT2D eigenvalue weighted by atomic mass is 16.2. The van der Waals surface area contributed by atoms with Crippen molar-refractivity contribution in [1.29, 1.82) is 0 Å². The Morgan fingerprint density at radius 3 is 2.87 bits per heavy atom. The summed E-state index contributed by atoms with van der Waals surface area (Å²) in [5.74, 6) is 0.0246. The van der Waals surface area contributed by atoms with Gasteiger partial charge < -0.3 is 14.5 Å². The second-order valence-electron chi connectivity index (χ2n) is 5.73. The molecule has 3 aromatic rings. The van der Waals surface area contributed by atoms with Gasteiger partial charge in [0.2, 0.25) is 0 Å². The van der Waals surface area contributed by atoms with Crippen molar-refractivity contribution in [2.45, 2.75) is 26.1 Å². The Bertz CT molecular complexity index is 787. The minimum absolute atomic E-state index is 0.0246. The van der Waals surface area contributed by atoms with Gasteiger partial charge in [0.1, 0.15) is 11.4 Å². The van der Waals surface area contributed by atoms with Gasteiger partial charge in [-0.25, -0.2) is 4.68 Å². The van der Waals surface area contributed by atoms with Crippen LogP contribution in [0, 0.1) is 0 Å². The van der Waals surface area contributed by atoms with Gasteiger partial charge in [-0.2, -0.15) is 0 Å². The largest absolute Gasteiger partial charge is 0.357 e. The standard InChI is InChI=1S/C16H18N6O/c23-16(13-5-3-6-17-13)21-9-4-10-22-15(12-21)14(18-19-22)11-20-7-1-2-8-20/h1-3,5-8,17H,4,9-12H2. The second-order valence-corrected chi connectivity index (χ2v) is 5.73. The number of hydrogen-bond donors (Lipinski definition) is 1. The Morgan fingerprint density at radius 2 is 2.09 bits per heavy atom. The molecular weight excluding hydrogens is 292 g/mol. The molecule has 1 amide bonds. The lowest BCUT2D eigenvalue weighted by molar-refractivity contribution is 0.0740. The van der Waals surface area contributed by atoms with Crippen molar-refractivity contribution in [1.82, 2.24) is 29.4 Å². The Morgan fingerprint density at radius 1 is 1.22 bits per heavy atom. The van der Waals surface area contributed by atoms with E-state index in [0.29, 0.717) is 18.8 Å². The number of aromatic nitrogens is 5. The van der Waals surface area contributed by atoms with Gasteiger partial charge in [-0.1, -0.05) is 5.21 Å². The Balaban J connectivity index is 1.60. The highest BCUT2D eigenvalue weighted by Gasteiger charge is 2.24. The number of amides is 1. The van der Waals surface area contributed by atoms with Crippen LogP contribution in [0.2, 0.25) is 0 Å². The summed E-state index contributed by atoms with van der Waals surface area (Å²) >= 11 is 0. The van der Waals surface area contributed by atoms with Crippen LogP contribution in [-0.4, -0.2) is 41.9 Å². The number of nitrogens with zero attached hydrogens (tertiary/aromatic N) is 5. The zero-order chi connectivity index (χ0) is 15.6. The molecule has 0 saturated carbocycles. The van der Waals surface area contributed by atoms with Gasteiger partial charge in [0.05, 0.1) is 18.8 Å². The van der Waals surface area contributed by atoms with Crippen LogP contribution in [0.15, 0.2) is 42.9 Å². The fourth-order valence-electron chi connectivity index (χ4n) is 2.97. The van der Waals surface area contributed by atoms with Gasteiger partial charge >= 0.3 is 0 Å². The Hall–Kier alpha value is -2.83. The predicted octanol–water partition coefficient (Wildman–Crippen LogP) is 1.50. The predicted molar refractivity (Wildman–Crippen MR) is 83.7 cm³/mol. The summed E-state index contributed by atoms with van der Waals surface area (Å²) < 4.78 is 3.99. The first-order chi connectivity index (χ1) is 11.3. The van der Waals surface area contributed by atoms with E-state index in [9.17, 15) is 4.79 Å². The summed E-state index contributed by atoms with van der Waals surface area (Å²) in [5, 5.41) is 8.58. The van der Waals surface area contributed by atoms with Gasteiger partial charge in [0.15, 0.2) is 0 Å². The molecule has 0 unspecified atom stereocenters. The van der Waals surface area contributed by atoms with Crippen LogP contribution in [-0.2, 0) is 19.6 Å². The van der Waals surface area contributed by atoms with Crippen molar-refractivity contribution in [2.75, 3.05) is 6.54 Å². The molecule has 4 heterocycles. The number of rotatable bonds is 3. The van der Waals surface area contributed by atoms with Crippen LogP contribution < -0.4 is 0 Å². The van der Waals surface area contributed by atoms with Crippen LogP contribution in [0.5, 0.6) is 0 Å². The van der Waals surface area contributed by atoms with E-state index >= 15 is 0 Å². The normalized spacial score (nSPS) is 14.5. The average molecular weight is 310 g/mol. The number of hydrogen-bond acceptors (Lipinski definition) is 3. The van der Waals surface area contributed by atoms with Crippen molar-refractivity contribution in [3.8, 4) is 0 Å². The smallest absolute Gasteiger partial charge is 0.270 e. The highest BCUT2D eigenvalue weighted by Crippen LogP contribution is 2.17. The fourth-order valence-corrected chi connectivity index (χ4v) is 2.97. The van der Waals surface area contributed by atoms with Crippen molar-refractivity contribution < 1.29 is 4.79 Å². The van der Waals surface area contributed by atoms with Crippen molar-refractivity contribution in [3.05, 3.63) is 59.9 Å². The van der Waals surface area contributed by atoms with E-state index in [1.807, 2.05) is 46.2 Å². The molecule has 7 heteroatoms. The molecule has 1 N–H and O–H groups in total. The second kappa shape index (κ2) is 5.75. The third-order valence-corrected chi connectivity index (χ3v) is 4.17. The van der Waals surface area contributed by atoms with Gasteiger partial charge in [-0.05, 0) is 30.7 Å². The maximum Gasteiger partial charge on any atom is 0.270 e. The third-order valence-electron chi connectivity index (χ3n) is 4.17. The summed E-state index contributed by atoms with van der Waals surface area (Å²) in [7, 11) is 0. The van der Waals surface area contributed by atoms with Crippen LogP contribution >= 0.6 is 0 Å². The van der Waals surface area contributed by atoms with Crippen LogP contribution in [0.25, 0.3) is 0 Å². The molecule has 4 rings (SSSR count). The molecule has 7 nitrogen and oxygen atoms in total. The monoisotopic (exact) mass is 310 g/mol. The summed E-state index contributed by atoms with van der Waals surface area (Å²) in [5.41, 5.74) is 2.57. The quantitative estimate of drug-likeness (QED) is 0.797. The Kier molecular flexibility index (Phi) is 3.45. The number of nitrogens with one attached hydrogen (secondary N) is 1. The van der Waals surface area contributed by atoms with Gasteiger partial charge in [-0.3, -0.25) is 4.79 Å². The topological polar surface area (TPSA) is 71.7 Å². The molecule has 0 atom stereocenters. The van der Waals surface area contributed by atoms with Crippen molar-refractivity contribution >= 4 is 5.91 Å². The maximum atomic E-state index is 12.6. The average Bonchev–Trinajstić information content (AvgIpc) is 3.29. The van der Waals surface area contributed by atoms with Crippen LogP contribution in [0.1, 0.15) is 28.3 Å². The molecule has 23 heavy (non-hydrogen) atoms. The first-order valence-electron chi connectivity index (χ1n) is 7.76. The summed E-state index contributed by atoms with van der Waals surface area (Å²) in [6.07, 6.45) is 6.66. The maximum absolute atomic E-state index is 12.6. The van der Waals surface area contributed by atoms with E-state index < -0.39 is 0 Å². The minimum atomic E-state index is 0.0246. The van der Waals surface area contributed by atoms with E-state index in [1.165, 1.54) is 0 Å². The van der Waals surface area contributed by atoms with Gasteiger partial charge in [0, 0.05) is 31.7 Å². The lowest BCUT2D eigenvalue weighted by Gasteiger charge is -2.19. The van der Waals surface area contributed by atoms with E-state index in [-0.39, 0.29) is 5.91 Å². The molecule has 3 aromatic heterocycles. The lowest BCUT2D eigenvalue weighted by atomic mass is 10.2. The van der Waals surface area contributed by atoms with E-state index in [1.54, 1.807) is 6.20 Å². The summed E-state index contributed by atoms with van der Waals surface area (Å²) in [6.45, 7) is 2.74. The molecule has 0 spiro atoms. The Labute approximate surface area is 133 Å². The molecule has 0 saturated heterocycles. The SMILES string of the molecule is O=C(c1ccc[nH]1)N1CCCn2nnc(Cn3cccc3)c2C1. The minimum Gasteiger partial charge on any atom is -0.357 e. The molecular formula is C16H18N6O. The number of fused-ring (bicyclic) bond motifs is 1. The number of carbonyl (C=O) groups is 1. The van der Waals surface area contributed by atoms with Crippen molar-refractivity contribution in [3.63, 3.8) is 0 Å². The molecule has 0 radical (unpaired) electrons. The third kappa shape index (κ3) is 2.65. The van der Waals surface area contributed by atoms with Gasteiger partial charge in [-0.15, -0.1) is 5.10 Å². The van der Waals surface area contributed by atoms with E-state index in [4.69, 9.17) is 0 Å². The summed E-state index contributed by atoms with van der Waals surface area (Å²) in [4.78, 5) is 17.5. The van der Waals surface area contributed by atoms with Crippen LogP contribution in [0.4, 0.5) is 0 Å². The van der Waals surface area contributed by atoms with Gasteiger partial charge in [0.25, 0.3) is 5.91 Å². The number of H-pyrrole nitrogens is 1. The molecule has 1 aliphatic heterocycles. The molecule has 0 aliphatic carbocycles. The first-order valence-corrected chi connectivity index (χ1v) is 7.76. The molecule has 0 bridgehead atoms. The fraction of sp³-hybridized carbons (Fsp3) is 0.312. The molecule has 0 aromatic carbocycles. The number of carbonyl (C=O) groups excluding carboxylic acids is 1. The zero-order valence-corrected chi connectivity index (χ0v) is 12.7. The van der Waals surface area contributed by atoms with E-state index in [0.717, 1.165) is 30.9 Å². The van der Waals surface area contributed by atoms with E-state index in [2.05, 4.69) is 19.9 Å². The molecule has 1 aliphatic rings. The highest BCUT2D eigenvalue weighted by molar-refractivity contribution is 5.92. The number of aryl methyl sites for hydroxylation is 1. The lowest BCUT2D eigenvalue weighted by Crippen LogP contribution is -2.31. The first kappa shape index (κ1) is 13.8. The molecule has 0 fully saturated rings. The van der Waals surface area contributed by atoms with Crippen LogP contribution in [0.3, 0.4) is 0 Å². The zero-order valence-electron chi connectivity index (χ0n) is 12.7.